The van der Waals surface area contributed by atoms with Gasteiger partial charge in [0, 0.05) is 17.3 Å². The molecule has 0 fully saturated rings. The molecule has 0 aromatic heterocycles. The third kappa shape index (κ3) is 4.07. The summed E-state index contributed by atoms with van der Waals surface area (Å²) in [6, 6.07) is 5.90. The fourth-order valence-electron chi connectivity index (χ4n) is 2.42. The maximum atomic E-state index is 11.7. The van der Waals surface area contributed by atoms with Gasteiger partial charge in [-0.3, -0.25) is 4.79 Å². The molecule has 1 aliphatic rings. The molecule has 0 spiro atoms. The maximum absolute atomic E-state index is 11.7. The van der Waals surface area contributed by atoms with Gasteiger partial charge in [-0.15, -0.1) is 0 Å². The van der Waals surface area contributed by atoms with Gasteiger partial charge in [0.05, 0.1) is 6.61 Å². The molecular weight excluding hydrogens is 304 g/mol. The summed E-state index contributed by atoms with van der Waals surface area (Å²) in [6.45, 7) is 3.00. The number of benzene rings is 1. The van der Waals surface area contributed by atoms with Crippen molar-refractivity contribution in [2.45, 2.75) is 39.0 Å². The lowest BCUT2D eigenvalue weighted by Gasteiger charge is -2.16. The van der Waals surface area contributed by atoms with E-state index in [2.05, 4.69) is 22.9 Å². The highest BCUT2D eigenvalue weighted by Crippen LogP contribution is 2.25. The van der Waals surface area contributed by atoms with E-state index < -0.39 is 0 Å². The molecule has 2 nitrogen and oxygen atoms in total. The van der Waals surface area contributed by atoms with Crippen LogP contribution in [-0.4, -0.2) is 17.7 Å². The summed E-state index contributed by atoms with van der Waals surface area (Å²) in [7, 11) is 0. The Hall–Kier alpha value is -0.830. The molecule has 0 aliphatic heterocycles. The molecule has 1 atom stereocenters. The van der Waals surface area contributed by atoms with Crippen LogP contribution in [0.2, 0.25) is 0 Å². The van der Waals surface area contributed by atoms with Crippen molar-refractivity contribution in [3.63, 3.8) is 0 Å². The second kappa shape index (κ2) is 7.09. The number of alkyl halides is 1. The van der Waals surface area contributed by atoms with Gasteiger partial charge in [0.1, 0.15) is 5.75 Å². The van der Waals surface area contributed by atoms with E-state index in [0.29, 0.717) is 12.3 Å². The van der Waals surface area contributed by atoms with Crippen molar-refractivity contribution in [2.24, 2.45) is 5.92 Å². The van der Waals surface area contributed by atoms with E-state index in [9.17, 15) is 4.79 Å². The monoisotopic (exact) mass is 324 g/mol. The molecule has 0 N–H and O–H groups in total. The van der Waals surface area contributed by atoms with Crippen LogP contribution >= 0.6 is 15.9 Å². The van der Waals surface area contributed by atoms with E-state index in [1.165, 1.54) is 6.42 Å². The number of ether oxygens (including phenoxy) is 1. The quantitative estimate of drug-likeness (QED) is 0.725. The zero-order chi connectivity index (χ0) is 13.7. The van der Waals surface area contributed by atoms with Crippen molar-refractivity contribution in [1.82, 2.24) is 0 Å². The first-order valence-electron chi connectivity index (χ1n) is 7.05. The first kappa shape index (κ1) is 14.6. The molecule has 0 bridgehead atoms. The summed E-state index contributed by atoms with van der Waals surface area (Å²) < 4.78 is 5.80. The summed E-state index contributed by atoms with van der Waals surface area (Å²) in [5.74, 6) is 1.86. The second-order valence-electron chi connectivity index (χ2n) is 5.32. The van der Waals surface area contributed by atoms with E-state index >= 15 is 0 Å². The maximum Gasteiger partial charge on any atom is 0.163 e. The van der Waals surface area contributed by atoms with Gasteiger partial charge in [0.25, 0.3) is 0 Å². The van der Waals surface area contributed by atoms with Crippen LogP contribution in [-0.2, 0) is 6.42 Å². The number of carbonyl (C=O) groups excluding carboxylic acids is 1. The number of halogens is 1. The van der Waals surface area contributed by atoms with Gasteiger partial charge < -0.3 is 4.74 Å². The summed E-state index contributed by atoms with van der Waals surface area (Å²) in [4.78, 5) is 11.7. The Morgan fingerprint density at radius 3 is 2.95 bits per heavy atom. The highest BCUT2D eigenvalue weighted by atomic mass is 79.9. The number of hydrogen-bond acceptors (Lipinski definition) is 2. The van der Waals surface area contributed by atoms with Crippen LogP contribution in [0.4, 0.5) is 0 Å². The Bertz CT molecular complexity index is 442. The van der Waals surface area contributed by atoms with Crippen LogP contribution in [0.1, 0.15) is 48.5 Å². The molecule has 2 rings (SSSR count). The molecule has 0 saturated heterocycles. The predicted octanol–water partition coefficient (Wildman–Crippen LogP) is 4.40. The molecule has 0 radical (unpaired) electrons. The molecule has 1 aromatic rings. The zero-order valence-electron chi connectivity index (χ0n) is 11.5. The lowest BCUT2D eigenvalue weighted by molar-refractivity contribution is 0.0972. The smallest absolute Gasteiger partial charge is 0.163 e. The highest BCUT2D eigenvalue weighted by Gasteiger charge is 2.17. The van der Waals surface area contributed by atoms with Gasteiger partial charge in [0.15, 0.2) is 5.78 Å². The van der Waals surface area contributed by atoms with Gasteiger partial charge in [-0.05, 0) is 55.4 Å². The average molecular weight is 325 g/mol. The standard InChI is InChI=1S/C16H21BrO2/c1-12(7-9-17)8-10-19-14-5-6-15-13(11-14)3-2-4-16(15)18/h5-6,11-12H,2-4,7-10H2,1H3. The molecule has 0 amide bonds. The minimum absolute atomic E-state index is 0.277. The minimum atomic E-state index is 0.277. The third-order valence-electron chi connectivity index (χ3n) is 3.71. The second-order valence-corrected chi connectivity index (χ2v) is 6.11. The highest BCUT2D eigenvalue weighted by molar-refractivity contribution is 9.09. The van der Waals surface area contributed by atoms with Gasteiger partial charge in [-0.25, -0.2) is 0 Å². The fraction of sp³-hybridized carbons (Fsp3) is 0.562. The van der Waals surface area contributed by atoms with Crippen molar-refractivity contribution in [3.05, 3.63) is 29.3 Å². The van der Waals surface area contributed by atoms with Crippen LogP contribution in [0, 0.1) is 5.92 Å². The summed E-state index contributed by atoms with van der Waals surface area (Å²) in [5, 5.41) is 1.05. The summed E-state index contributed by atoms with van der Waals surface area (Å²) >= 11 is 3.46. The predicted molar refractivity (Wildman–Crippen MR) is 81.4 cm³/mol. The third-order valence-corrected chi connectivity index (χ3v) is 4.17. The topological polar surface area (TPSA) is 26.3 Å². The molecule has 1 unspecified atom stereocenters. The first-order chi connectivity index (χ1) is 9.20. The van der Waals surface area contributed by atoms with E-state index in [-0.39, 0.29) is 5.78 Å². The largest absolute Gasteiger partial charge is 0.494 e. The Kier molecular flexibility index (Phi) is 5.44. The Balaban J connectivity index is 1.90. The fourth-order valence-corrected chi connectivity index (χ4v) is 3.20. The van der Waals surface area contributed by atoms with E-state index in [1.54, 1.807) is 0 Å². The number of Topliss-reactive ketones (excluding diaryl/α,β-unsaturated/α-hetero) is 1. The Morgan fingerprint density at radius 2 is 2.16 bits per heavy atom. The van der Waals surface area contributed by atoms with Crippen LogP contribution in [0.5, 0.6) is 5.75 Å². The SMILES string of the molecule is CC(CCBr)CCOc1ccc2c(c1)CCCC2=O. The first-order valence-corrected chi connectivity index (χ1v) is 8.17. The van der Waals surface area contributed by atoms with Crippen molar-refractivity contribution < 1.29 is 9.53 Å². The average Bonchev–Trinajstić information content (AvgIpc) is 2.39. The number of aryl methyl sites for hydroxylation is 1. The summed E-state index contributed by atoms with van der Waals surface area (Å²) in [5.41, 5.74) is 2.05. The van der Waals surface area contributed by atoms with E-state index in [1.807, 2.05) is 18.2 Å². The lowest BCUT2D eigenvalue weighted by Crippen LogP contribution is -2.11. The summed E-state index contributed by atoms with van der Waals surface area (Å²) in [6.07, 6.45) is 4.91. The Labute approximate surface area is 123 Å². The van der Waals surface area contributed by atoms with Crippen molar-refractivity contribution in [3.8, 4) is 5.75 Å². The lowest BCUT2D eigenvalue weighted by atomic mass is 9.90. The van der Waals surface area contributed by atoms with Crippen LogP contribution < -0.4 is 4.74 Å². The van der Waals surface area contributed by atoms with Crippen molar-refractivity contribution >= 4 is 21.7 Å². The minimum Gasteiger partial charge on any atom is -0.494 e. The molecule has 1 aliphatic carbocycles. The van der Waals surface area contributed by atoms with Gasteiger partial charge in [0.2, 0.25) is 0 Å². The van der Waals surface area contributed by atoms with Gasteiger partial charge in [-0.1, -0.05) is 22.9 Å². The number of hydrogen-bond donors (Lipinski definition) is 0. The molecule has 19 heavy (non-hydrogen) atoms. The molecule has 1 aromatic carbocycles. The van der Waals surface area contributed by atoms with Crippen LogP contribution in [0.25, 0.3) is 0 Å². The van der Waals surface area contributed by atoms with Gasteiger partial charge in [-0.2, -0.15) is 0 Å². The number of fused-ring (bicyclic) bond motifs is 1. The van der Waals surface area contributed by atoms with E-state index in [0.717, 1.165) is 48.1 Å². The molecule has 3 heteroatoms. The molecule has 104 valence electrons. The zero-order valence-corrected chi connectivity index (χ0v) is 13.0. The molecular formula is C16H21BrO2. The van der Waals surface area contributed by atoms with Crippen molar-refractivity contribution in [1.29, 1.82) is 0 Å². The molecule has 0 saturated carbocycles. The number of ketones is 1. The number of rotatable bonds is 6. The Morgan fingerprint density at radius 1 is 1.32 bits per heavy atom. The van der Waals surface area contributed by atoms with Crippen LogP contribution in [0.3, 0.4) is 0 Å². The number of carbonyl (C=O) groups is 1. The van der Waals surface area contributed by atoms with Crippen LogP contribution in [0.15, 0.2) is 18.2 Å². The van der Waals surface area contributed by atoms with E-state index in [4.69, 9.17) is 4.74 Å². The normalized spacial score (nSPS) is 16.0. The van der Waals surface area contributed by atoms with Gasteiger partial charge >= 0.3 is 0 Å². The molecule has 0 heterocycles. The van der Waals surface area contributed by atoms with Crippen molar-refractivity contribution in [2.75, 3.05) is 11.9 Å².